The lowest BCUT2D eigenvalue weighted by molar-refractivity contribution is -0.897. The van der Waals surface area contributed by atoms with Crippen LogP contribution < -0.4 is 25.0 Å². The number of likely N-dealkylation sites (tertiary alicyclic amines) is 1. The Bertz CT molecular complexity index is 710. The Kier molecular flexibility index (Phi) is 6.00. The van der Waals surface area contributed by atoms with E-state index in [0.29, 0.717) is 24.1 Å². The monoisotopic (exact) mass is 388 g/mol. The van der Waals surface area contributed by atoms with Crippen molar-refractivity contribution >= 4 is 17.5 Å². The third kappa shape index (κ3) is 4.76. The minimum absolute atomic E-state index is 0.00409. The molecule has 0 aromatic heterocycles. The molecule has 4 rings (SSSR count). The van der Waals surface area contributed by atoms with Crippen molar-refractivity contribution in [2.45, 2.75) is 51.0 Å². The number of hydrogen-bond donors (Lipinski definition) is 3. The van der Waals surface area contributed by atoms with Gasteiger partial charge in [0, 0.05) is 36.6 Å². The molecule has 1 saturated carbocycles. The van der Waals surface area contributed by atoms with Gasteiger partial charge < -0.3 is 25.0 Å². The molecule has 2 amide bonds. The van der Waals surface area contributed by atoms with Gasteiger partial charge in [0.2, 0.25) is 12.7 Å². The van der Waals surface area contributed by atoms with Crippen LogP contribution in [0.1, 0.15) is 44.9 Å². The number of anilines is 1. The highest BCUT2D eigenvalue weighted by Gasteiger charge is 2.29. The van der Waals surface area contributed by atoms with Crippen molar-refractivity contribution in [3.8, 4) is 11.5 Å². The van der Waals surface area contributed by atoms with E-state index in [0.717, 1.165) is 44.5 Å². The zero-order chi connectivity index (χ0) is 19.3. The highest BCUT2D eigenvalue weighted by Crippen LogP contribution is 2.34. The standard InChI is InChI=1S/C21H29N3O4/c25-20(22-16-4-2-1-3-5-16)13-24-10-8-15(9-11-24)21(26)23-17-6-7-18-19(12-17)28-14-27-18/h6-7,12,15-16H,1-5,8-11,13-14H2,(H,22,25)(H,23,26)/p+1. The fourth-order valence-corrected chi connectivity index (χ4v) is 4.44. The normalized spacial score (nSPS) is 24.6. The minimum Gasteiger partial charge on any atom is -0.454 e. The molecule has 152 valence electrons. The van der Waals surface area contributed by atoms with E-state index >= 15 is 0 Å². The zero-order valence-corrected chi connectivity index (χ0v) is 16.3. The van der Waals surface area contributed by atoms with Crippen LogP contribution in [0, 0.1) is 5.92 Å². The molecule has 1 aromatic carbocycles. The summed E-state index contributed by atoms with van der Waals surface area (Å²) in [5, 5.41) is 6.18. The smallest absolute Gasteiger partial charge is 0.275 e. The molecule has 0 atom stereocenters. The lowest BCUT2D eigenvalue weighted by atomic mass is 9.95. The molecular weight excluding hydrogens is 358 g/mol. The van der Waals surface area contributed by atoms with Crippen molar-refractivity contribution < 1.29 is 24.0 Å². The van der Waals surface area contributed by atoms with Gasteiger partial charge in [-0.15, -0.1) is 0 Å². The Balaban J connectivity index is 1.20. The zero-order valence-electron chi connectivity index (χ0n) is 16.3. The van der Waals surface area contributed by atoms with Gasteiger partial charge in [-0.2, -0.15) is 0 Å². The van der Waals surface area contributed by atoms with Crippen LogP contribution in [0.25, 0.3) is 0 Å². The fraction of sp³-hybridized carbons (Fsp3) is 0.619. The average Bonchev–Trinajstić information content (AvgIpc) is 3.17. The number of piperidine rings is 1. The van der Waals surface area contributed by atoms with Crippen molar-refractivity contribution in [2.75, 3.05) is 31.7 Å². The average molecular weight is 388 g/mol. The van der Waals surface area contributed by atoms with Crippen molar-refractivity contribution in [3.63, 3.8) is 0 Å². The van der Waals surface area contributed by atoms with Gasteiger partial charge in [-0.1, -0.05) is 19.3 Å². The Morgan fingerprint density at radius 2 is 1.75 bits per heavy atom. The maximum absolute atomic E-state index is 12.6. The Morgan fingerprint density at radius 1 is 1.00 bits per heavy atom. The summed E-state index contributed by atoms with van der Waals surface area (Å²) in [6.45, 7) is 2.46. The van der Waals surface area contributed by atoms with E-state index < -0.39 is 0 Å². The van der Waals surface area contributed by atoms with Crippen molar-refractivity contribution in [1.29, 1.82) is 0 Å². The highest BCUT2D eigenvalue weighted by molar-refractivity contribution is 5.93. The van der Waals surface area contributed by atoms with Gasteiger partial charge in [-0.25, -0.2) is 0 Å². The summed E-state index contributed by atoms with van der Waals surface area (Å²) < 4.78 is 10.7. The molecule has 28 heavy (non-hydrogen) atoms. The number of quaternary nitrogens is 1. The number of carbonyl (C=O) groups is 2. The number of nitrogens with one attached hydrogen (secondary N) is 3. The number of rotatable bonds is 5. The summed E-state index contributed by atoms with van der Waals surface area (Å²) in [5.74, 6) is 1.58. The van der Waals surface area contributed by atoms with E-state index in [-0.39, 0.29) is 24.5 Å². The van der Waals surface area contributed by atoms with Gasteiger partial charge >= 0.3 is 0 Å². The van der Waals surface area contributed by atoms with E-state index in [1.807, 2.05) is 12.1 Å². The number of carbonyl (C=O) groups excluding carboxylic acids is 2. The SMILES string of the molecule is O=C(C[NH+]1CCC(C(=O)Nc2ccc3c(c2)OCO3)CC1)NC1CCCCC1. The number of ether oxygens (including phenoxy) is 2. The molecule has 2 heterocycles. The predicted molar refractivity (Wildman–Crippen MR) is 104 cm³/mol. The third-order valence-corrected chi connectivity index (χ3v) is 6.08. The number of hydrogen-bond acceptors (Lipinski definition) is 4. The molecule has 3 aliphatic rings. The first-order valence-electron chi connectivity index (χ1n) is 10.5. The van der Waals surface area contributed by atoms with Crippen LogP contribution in [-0.2, 0) is 9.59 Å². The van der Waals surface area contributed by atoms with E-state index in [9.17, 15) is 9.59 Å². The molecule has 3 N–H and O–H groups in total. The molecular formula is C21H30N3O4+. The largest absolute Gasteiger partial charge is 0.454 e. The van der Waals surface area contributed by atoms with E-state index in [4.69, 9.17) is 9.47 Å². The summed E-state index contributed by atoms with van der Waals surface area (Å²) >= 11 is 0. The minimum atomic E-state index is -0.00409. The molecule has 0 radical (unpaired) electrons. The quantitative estimate of drug-likeness (QED) is 0.706. The van der Waals surface area contributed by atoms with E-state index in [1.165, 1.54) is 24.2 Å². The van der Waals surface area contributed by atoms with Gasteiger partial charge in [-0.05, 0) is 25.0 Å². The summed E-state index contributed by atoms with van der Waals surface area (Å²) in [4.78, 5) is 26.2. The number of fused-ring (bicyclic) bond motifs is 1. The van der Waals surface area contributed by atoms with Crippen LogP contribution in [0.15, 0.2) is 18.2 Å². The van der Waals surface area contributed by atoms with Gasteiger partial charge in [-0.3, -0.25) is 9.59 Å². The van der Waals surface area contributed by atoms with Gasteiger partial charge in [0.15, 0.2) is 18.0 Å². The van der Waals surface area contributed by atoms with Gasteiger partial charge in [0.1, 0.15) is 0 Å². The van der Waals surface area contributed by atoms with E-state index in [1.54, 1.807) is 6.07 Å². The summed E-state index contributed by atoms with van der Waals surface area (Å²) in [5.41, 5.74) is 0.732. The number of benzene rings is 1. The third-order valence-electron chi connectivity index (χ3n) is 6.08. The van der Waals surface area contributed by atoms with Gasteiger partial charge in [0.05, 0.1) is 13.1 Å². The van der Waals surface area contributed by atoms with Crippen LogP contribution in [0.5, 0.6) is 11.5 Å². The second kappa shape index (κ2) is 8.82. The van der Waals surface area contributed by atoms with Gasteiger partial charge in [0.25, 0.3) is 5.91 Å². The first-order chi connectivity index (χ1) is 13.7. The Labute approximate surface area is 165 Å². The molecule has 0 unspecified atom stereocenters. The predicted octanol–water partition coefficient (Wildman–Crippen LogP) is 1.10. The van der Waals surface area contributed by atoms with Crippen LogP contribution in [0.4, 0.5) is 5.69 Å². The molecule has 1 saturated heterocycles. The molecule has 1 aromatic rings. The maximum atomic E-state index is 12.6. The molecule has 0 bridgehead atoms. The first kappa shape index (κ1) is 19.1. The molecule has 2 fully saturated rings. The van der Waals surface area contributed by atoms with Crippen molar-refractivity contribution in [2.24, 2.45) is 5.92 Å². The summed E-state index contributed by atoms with van der Waals surface area (Å²) in [7, 11) is 0. The Morgan fingerprint density at radius 3 is 2.54 bits per heavy atom. The van der Waals surface area contributed by atoms with Crippen LogP contribution in [0.3, 0.4) is 0 Å². The topological polar surface area (TPSA) is 81.1 Å². The Hall–Kier alpha value is -2.28. The highest BCUT2D eigenvalue weighted by atomic mass is 16.7. The summed E-state index contributed by atoms with van der Waals surface area (Å²) in [6.07, 6.45) is 7.58. The van der Waals surface area contributed by atoms with Crippen LogP contribution in [-0.4, -0.2) is 44.3 Å². The van der Waals surface area contributed by atoms with Crippen molar-refractivity contribution in [1.82, 2.24) is 5.32 Å². The molecule has 7 nitrogen and oxygen atoms in total. The second-order valence-electron chi connectivity index (χ2n) is 8.16. The molecule has 2 aliphatic heterocycles. The lowest BCUT2D eigenvalue weighted by Gasteiger charge is -2.29. The summed E-state index contributed by atoms with van der Waals surface area (Å²) in [6, 6.07) is 5.82. The van der Waals surface area contributed by atoms with E-state index in [2.05, 4.69) is 10.6 Å². The molecule has 1 aliphatic carbocycles. The molecule has 0 spiro atoms. The fourth-order valence-electron chi connectivity index (χ4n) is 4.44. The van der Waals surface area contributed by atoms with Crippen molar-refractivity contribution in [3.05, 3.63) is 18.2 Å². The maximum Gasteiger partial charge on any atom is 0.275 e. The lowest BCUT2D eigenvalue weighted by Crippen LogP contribution is -3.14. The first-order valence-corrected chi connectivity index (χ1v) is 10.5. The number of amides is 2. The van der Waals surface area contributed by atoms with Crippen LogP contribution in [0.2, 0.25) is 0 Å². The second-order valence-corrected chi connectivity index (χ2v) is 8.16. The molecule has 7 heteroatoms. The van der Waals surface area contributed by atoms with Crippen LogP contribution >= 0.6 is 0 Å².